The van der Waals surface area contributed by atoms with Crippen molar-refractivity contribution >= 4 is 24.2 Å². The SMILES string of the molecule is CC1(C)OB(c2ccc(-c3nc(-c4ccccc4)nc(-c4ccccc4-c4ccccc4)n3)cc2)OC1(C)C.Clc1ccc(-c2nc(-c3ccccc3)nc(-c3ccccc3-c3ccccc3)n2)cc1. The lowest BCUT2D eigenvalue weighted by molar-refractivity contribution is 0.00578. The molecule has 0 spiro atoms. The molecule has 1 fully saturated rings. The van der Waals surface area contributed by atoms with Gasteiger partial charge in [0.1, 0.15) is 0 Å². The van der Waals surface area contributed by atoms with Crippen molar-refractivity contribution in [2.45, 2.75) is 38.9 Å². The average molecular weight is 931 g/mol. The summed E-state index contributed by atoms with van der Waals surface area (Å²) in [5, 5.41) is 0.677. The van der Waals surface area contributed by atoms with Crippen molar-refractivity contribution in [1.29, 1.82) is 0 Å². The third-order valence-corrected chi connectivity index (χ3v) is 12.9. The van der Waals surface area contributed by atoms with Gasteiger partial charge in [0, 0.05) is 38.4 Å². The number of nitrogens with zero attached hydrogens (tertiary/aromatic N) is 6. The van der Waals surface area contributed by atoms with E-state index in [2.05, 4.69) is 76.2 Å². The molecule has 0 N–H and O–H groups in total. The second-order valence-electron chi connectivity index (χ2n) is 17.9. The Labute approximate surface area is 414 Å². The molecule has 3 heterocycles. The maximum Gasteiger partial charge on any atom is 0.494 e. The van der Waals surface area contributed by atoms with Crippen LogP contribution in [-0.2, 0) is 9.31 Å². The van der Waals surface area contributed by atoms with Gasteiger partial charge < -0.3 is 9.31 Å². The first-order chi connectivity index (χ1) is 34.1. The van der Waals surface area contributed by atoms with Gasteiger partial charge in [-0.25, -0.2) is 29.9 Å². The highest BCUT2D eigenvalue weighted by Crippen LogP contribution is 2.38. The number of rotatable bonds is 9. The molecule has 0 unspecified atom stereocenters. The molecule has 0 aliphatic carbocycles. The normalized spacial score (nSPS) is 13.6. The van der Waals surface area contributed by atoms with Crippen molar-refractivity contribution in [2.24, 2.45) is 0 Å². The molecule has 0 radical (unpaired) electrons. The summed E-state index contributed by atoms with van der Waals surface area (Å²) in [6.07, 6.45) is 0. The van der Waals surface area contributed by atoms with Crippen LogP contribution in [0.3, 0.4) is 0 Å². The van der Waals surface area contributed by atoms with Gasteiger partial charge in [0.05, 0.1) is 11.2 Å². The van der Waals surface area contributed by atoms with Crippen molar-refractivity contribution in [3.05, 3.63) is 223 Å². The van der Waals surface area contributed by atoms with Crippen LogP contribution in [-0.4, -0.2) is 48.2 Å². The van der Waals surface area contributed by atoms with Gasteiger partial charge in [0.15, 0.2) is 34.9 Å². The molecule has 8 nitrogen and oxygen atoms in total. The molecule has 0 saturated carbocycles. The van der Waals surface area contributed by atoms with Gasteiger partial charge in [-0.3, -0.25) is 0 Å². The van der Waals surface area contributed by atoms with Gasteiger partial charge in [-0.1, -0.05) is 206 Å². The van der Waals surface area contributed by atoms with Crippen LogP contribution in [0.5, 0.6) is 0 Å². The zero-order chi connectivity index (χ0) is 48.1. The molecule has 1 aliphatic heterocycles. The first-order valence-electron chi connectivity index (χ1n) is 23.2. The van der Waals surface area contributed by atoms with E-state index in [0.717, 1.165) is 61.1 Å². The summed E-state index contributed by atoms with van der Waals surface area (Å²) < 4.78 is 12.5. The Morgan fingerprint density at radius 3 is 0.929 bits per heavy atom. The van der Waals surface area contributed by atoms with Gasteiger partial charge in [0.25, 0.3) is 0 Å². The largest absolute Gasteiger partial charge is 0.494 e. The summed E-state index contributed by atoms with van der Waals surface area (Å²) in [5.41, 5.74) is 10.2. The van der Waals surface area contributed by atoms with Crippen LogP contribution in [0, 0.1) is 0 Å². The van der Waals surface area contributed by atoms with Gasteiger partial charge in [0.2, 0.25) is 0 Å². The quantitative estimate of drug-likeness (QED) is 0.132. The Morgan fingerprint density at radius 2 is 0.571 bits per heavy atom. The molecule has 70 heavy (non-hydrogen) atoms. The zero-order valence-electron chi connectivity index (χ0n) is 39.2. The molecular formula is C60H48BClN6O2. The van der Waals surface area contributed by atoms with Crippen LogP contribution in [0.15, 0.2) is 218 Å². The summed E-state index contributed by atoms with van der Waals surface area (Å²) in [7, 11) is -0.421. The van der Waals surface area contributed by atoms with Crippen LogP contribution < -0.4 is 5.46 Å². The Hall–Kier alpha value is -7.95. The molecular weight excluding hydrogens is 883 g/mol. The van der Waals surface area contributed by atoms with E-state index in [1.807, 2.05) is 170 Å². The number of halogens is 1. The van der Waals surface area contributed by atoms with Crippen molar-refractivity contribution in [3.8, 4) is 90.6 Å². The minimum Gasteiger partial charge on any atom is -0.399 e. The molecule has 0 amide bonds. The highest BCUT2D eigenvalue weighted by atomic mass is 35.5. The minimum absolute atomic E-state index is 0.393. The Kier molecular flexibility index (Phi) is 13.1. The van der Waals surface area contributed by atoms with Gasteiger partial charge in [-0.15, -0.1) is 0 Å². The molecule has 11 rings (SSSR count). The van der Waals surface area contributed by atoms with Crippen LogP contribution in [0.2, 0.25) is 5.02 Å². The predicted molar refractivity (Wildman–Crippen MR) is 284 cm³/mol. The van der Waals surface area contributed by atoms with E-state index in [0.29, 0.717) is 40.0 Å². The van der Waals surface area contributed by atoms with Crippen LogP contribution in [0.4, 0.5) is 0 Å². The molecule has 8 aromatic carbocycles. The zero-order valence-corrected chi connectivity index (χ0v) is 40.0. The first kappa shape index (κ1) is 45.8. The maximum absolute atomic E-state index is 6.24. The number of hydrogen-bond acceptors (Lipinski definition) is 8. The topological polar surface area (TPSA) is 95.8 Å². The number of benzene rings is 8. The molecule has 2 aromatic heterocycles. The molecule has 1 saturated heterocycles. The smallest absolute Gasteiger partial charge is 0.399 e. The maximum atomic E-state index is 6.24. The standard InChI is InChI=1S/C33H30BN3O2.C27H18ClN3/c1-32(2)33(3,4)39-34(38-32)26-21-19-25(20-22-26)30-35-29(24-15-9-6-10-16-24)36-31(37-30)28-18-12-11-17-27(28)23-13-7-5-8-14-23;28-22-17-15-21(16-18-22)26-29-25(20-11-5-2-6-12-20)30-27(31-26)24-14-8-7-13-23(24)19-9-3-1-4-10-19/h5-22H,1-4H3;1-18H. The minimum atomic E-state index is -0.421. The number of aromatic nitrogens is 6. The summed E-state index contributed by atoms with van der Waals surface area (Å²) >= 11 is 6.09. The predicted octanol–water partition coefficient (Wildman–Crippen LogP) is 14.0. The highest BCUT2D eigenvalue weighted by molar-refractivity contribution is 6.62. The van der Waals surface area contributed by atoms with Crippen molar-refractivity contribution in [3.63, 3.8) is 0 Å². The third kappa shape index (κ3) is 9.95. The first-order valence-corrected chi connectivity index (χ1v) is 23.6. The molecule has 10 heteroatoms. The fourth-order valence-electron chi connectivity index (χ4n) is 8.15. The summed E-state index contributed by atoms with van der Waals surface area (Å²) in [4.78, 5) is 29.3. The lowest BCUT2D eigenvalue weighted by atomic mass is 9.79. The molecule has 0 atom stereocenters. The Morgan fingerprint density at radius 1 is 0.300 bits per heavy atom. The van der Waals surface area contributed by atoms with Gasteiger partial charge >= 0.3 is 7.12 Å². The van der Waals surface area contributed by atoms with Crippen molar-refractivity contribution in [2.75, 3.05) is 0 Å². The van der Waals surface area contributed by atoms with Crippen LogP contribution in [0.25, 0.3) is 90.6 Å². The summed E-state index contributed by atoms with van der Waals surface area (Å²) in [6, 6.07) is 72.7. The highest BCUT2D eigenvalue weighted by Gasteiger charge is 2.51. The van der Waals surface area contributed by atoms with E-state index in [9.17, 15) is 0 Å². The fourth-order valence-corrected chi connectivity index (χ4v) is 8.27. The summed E-state index contributed by atoms with van der Waals surface area (Å²) in [5.74, 6) is 3.77. The molecule has 0 bridgehead atoms. The van der Waals surface area contributed by atoms with E-state index in [4.69, 9.17) is 50.8 Å². The average Bonchev–Trinajstić information content (AvgIpc) is 3.65. The fraction of sp³-hybridized carbons (Fsp3) is 0.100. The van der Waals surface area contributed by atoms with E-state index >= 15 is 0 Å². The number of hydrogen-bond donors (Lipinski definition) is 0. The van der Waals surface area contributed by atoms with Gasteiger partial charge in [-0.2, -0.15) is 0 Å². The van der Waals surface area contributed by atoms with E-state index in [1.165, 1.54) is 0 Å². The third-order valence-electron chi connectivity index (χ3n) is 12.6. The molecule has 340 valence electrons. The molecule has 10 aromatic rings. The Bertz CT molecular complexity index is 3370. The van der Waals surface area contributed by atoms with E-state index in [1.54, 1.807) is 0 Å². The van der Waals surface area contributed by atoms with E-state index in [-0.39, 0.29) is 0 Å². The second-order valence-corrected chi connectivity index (χ2v) is 18.3. The monoisotopic (exact) mass is 930 g/mol. The van der Waals surface area contributed by atoms with Crippen molar-refractivity contribution < 1.29 is 9.31 Å². The van der Waals surface area contributed by atoms with Gasteiger partial charge in [-0.05, 0) is 79.7 Å². The van der Waals surface area contributed by atoms with Crippen LogP contribution in [0.1, 0.15) is 27.7 Å². The lowest BCUT2D eigenvalue weighted by Crippen LogP contribution is -2.41. The lowest BCUT2D eigenvalue weighted by Gasteiger charge is -2.32. The van der Waals surface area contributed by atoms with Crippen LogP contribution >= 0.6 is 11.6 Å². The molecule has 1 aliphatic rings. The summed E-state index contributed by atoms with van der Waals surface area (Å²) in [6.45, 7) is 8.25. The van der Waals surface area contributed by atoms with E-state index < -0.39 is 18.3 Å². The second kappa shape index (κ2) is 20.0. The van der Waals surface area contributed by atoms with Crippen molar-refractivity contribution in [1.82, 2.24) is 29.9 Å². The Balaban J connectivity index is 0.000000166.